The fraction of sp³-hybridized carbons (Fsp3) is 0.455. The molecule has 0 saturated heterocycles. The lowest BCUT2D eigenvalue weighted by Crippen LogP contribution is -2.19. The smallest absolute Gasteiger partial charge is 0.122 e. The second-order valence-corrected chi connectivity index (χ2v) is 3.17. The lowest BCUT2D eigenvalue weighted by atomic mass is 10.1. The molecular formula is C11H17NO3. The number of benzene rings is 1. The Morgan fingerprint density at radius 3 is 2.07 bits per heavy atom. The Morgan fingerprint density at radius 1 is 1.20 bits per heavy atom. The van der Waals surface area contributed by atoms with Crippen molar-refractivity contribution in [3.8, 4) is 11.5 Å². The molecular weight excluding hydrogens is 194 g/mol. The maximum Gasteiger partial charge on any atom is 0.122 e. The molecule has 1 aromatic carbocycles. The van der Waals surface area contributed by atoms with Crippen molar-refractivity contribution in [2.24, 2.45) is 0 Å². The molecule has 0 radical (unpaired) electrons. The van der Waals surface area contributed by atoms with E-state index in [0.29, 0.717) is 0 Å². The minimum Gasteiger partial charge on any atom is -0.497 e. The van der Waals surface area contributed by atoms with Crippen LogP contribution in [0.5, 0.6) is 11.5 Å². The van der Waals surface area contributed by atoms with Crippen LogP contribution in [0.15, 0.2) is 18.2 Å². The van der Waals surface area contributed by atoms with E-state index in [1.807, 2.05) is 12.1 Å². The first-order chi connectivity index (χ1) is 7.24. The van der Waals surface area contributed by atoms with Crippen molar-refractivity contribution in [3.63, 3.8) is 0 Å². The molecule has 15 heavy (non-hydrogen) atoms. The third-order valence-corrected chi connectivity index (χ3v) is 2.31. The second kappa shape index (κ2) is 5.58. The van der Waals surface area contributed by atoms with Crippen molar-refractivity contribution in [2.75, 3.05) is 27.9 Å². The van der Waals surface area contributed by atoms with E-state index in [2.05, 4.69) is 5.32 Å². The van der Waals surface area contributed by atoms with Crippen LogP contribution < -0.4 is 14.8 Å². The van der Waals surface area contributed by atoms with Crippen LogP contribution in [0.2, 0.25) is 0 Å². The van der Waals surface area contributed by atoms with Crippen LogP contribution in [-0.2, 0) is 0 Å². The molecule has 0 spiro atoms. The fourth-order valence-electron chi connectivity index (χ4n) is 1.39. The van der Waals surface area contributed by atoms with Gasteiger partial charge in [-0.05, 0) is 24.7 Å². The summed E-state index contributed by atoms with van der Waals surface area (Å²) < 4.78 is 10.3. The summed E-state index contributed by atoms with van der Waals surface area (Å²) >= 11 is 0. The Kier molecular flexibility index (Phi) is 4.39. The zero-order chi connectivity index (χ0) is 11.3. The molecule has 0 fully saturated rings. The van der Waals surface area contributed by atoms with E-state index in [-0.39, 0.29) is 12.6 Å². The van der Waals surface area contributed by atoms with Crippen LogP contribution in [0.4, 0.5) is 0 Å². The van der Waals surface area contributed by atoms with Crippen LogP contribution in [0.25, 0.3) is 0 Å². The number of hydrogen-bond donors (Lipinski definition) is 2. The Morgan fingerprint density at radius 2 is 1.73 bits per heavy atom. The molecule has 2 N–H and O–H groups in total. The molecule has 1 unspecified atom stereocenters. The highest BCUT2D eigenvalue weighted by atomic mass is 16.5. The minimum absolute atomic E-state index is 0.0345. The SMILES string of the molecule is CNC(CO)c1cc(OC)cc(OC)c1. The lowest BCUT2D eigenvalue weighted by molar-refractivity contribution is 0.250. The van der Waals surface area contributed by atoms with Crippen molar-refractivity contribution in [2.45, 2.75) is 6.04 Å². The van der Waals surface area contributed by atoms with E-state index in [0.717, 1.165) is 17.1 Å². The zero-order valence-electron chi connectivity index (χ0n) is 9.28. The first kappa shape index (κ1) is 11.8. The molecule has 1 aromatic rings. The zero-order valence-corrected chi connectivity index (χ0v) is 9.28. The molecule has 0 aliphatic carbocycles. The molecule has 0 saturated carbocycles. The van der Waals surface area contributed by atoms with Crippen molar-refractivity contribution in [3.05, 3.63) is 23.8 Å². The Labute approximate surface area is 89.8 Å². The highest BCUT2D eigenvalue weighted by Crippen LogP contribution is 2.25. The summed E-state index contributed by atoms with van der Waals surface area (Å²) in [6.07, 6.45) is 0. The van der Waals surface area contributed by atoms with Gasteiger partial charge in [0.2, 0.25) is 0 Å². The van der Waals surface area contributed by atoms with E-state index in [1.54, 1.807) is 27.3 Å². The molecule has 4 nitrogen and oxygen atoms in total. The molecule has 0 aromatic heterocycles. The summed E-state index contributed by atoms with van der Waals surface area (Å²) in [5, 5.41) is 12.2. The summed E-state index contributed by atoms with van der Waals surface area (Å²) in [5.41, 5.74) is 0.941. The molecule has 0 amide bonds. The Bertz CT molecular complexity index is 288. The van der Waals surface area contributed by atoms with Gasteiger partial charge in [-0.25, -0.2) is 0 Å². The number of ether oxygens (including phenoxy) is 2. The fourth-order valence-corrected chi connectivity index (χ4v) is 1.39. The number of rotatable bonds is 5. The average molecular weight is 211 g/mol. The van der Waals surface area contributed by atoms with Crippen LogP contribution in [0.1, 0.15) is 11.6 Å². The van der Waals surface area contributed by atoms with Gasteiger partial charge < -0.3 is 19.9 Å². The summed E-state index contributed by atoms with van der Waals surface area (Å²) in [5.74, 6) is 1.44. The van der Waals surface area contributed by atoms with Gasteiger partial charge in [0.05, 0.1) is 26.9 Å². The normalized spacial score (nSPS) is 12.3. The molecule has 4 heteroatoms. The number of nitrogens with one attached hydrogen (secondary N) is 1. The van der Waals surface area contributed by atoms with Gasteiger partial charge in [0.25, 0.3) is 0 Å². The number of aliphatic hydroxyl groups is 1. The third-order valence-electron chi connectivity index (χ3n) is 2.31. The Hall–Kier alpha value is -1.26. The highest BCUT2D eigenvalue weighted by molar-refractivity contribution is 5.39. The molecule has 0 bridgehead atoms. The van der Waals surface area contributed by atoms with Gasteiger partial charge in [0, 0.05) is 6.07 Å². The van der Waals surface area contributed by atoms with Crippen LogP contribution in [0, 0.1) is 0 Å². The number of methoxy groups -OCH3 is 2. The first-order valence-corrected chi connectivity index (χ1v) is 4.76. The number of aliphatic hydroxyl groups excluding tert-OH is 1. The van der Waals surface area contributed by atoms with Gasteiger partial charge in [-0.1, -0.05) is 0 Å². The van der Waals surface area contributed by atoms with Crippen molar-refractivity contribution >= 4 is 0 Å². The van der Waals surface area contributed by atoms with E-state index in [1.165, 1.54) is 0 Å². The summed E-state index contributed by atoms with van der Waals surface area (Å²) in [6, 6.07) is 5.45. The second-order valence-electron chi connectivity index (χ2n) is 3.17. The predicted molar refractivity (Wildman–Crippen MR) is 58.4 cm³/mol. The predicted octanol–water partition coefficient (Wildman–Crippen LogP) is 0.957. The van der Waals surface area contributed by atoms with E-state index in [4.69, 9.17) is 14.6 Å². The van der Waals surface area contributed by atoms with E-state index in [9.17, 15) is 0 Å². The monoisotopic (exact) mass is 211 g/mol. The summed E-state index contributed by atoms with van der Waals surface area (Å²) in [6.45, 7) is 0.0345. The van der Waals surface area contributed by atoms with Crippen molar-refractivity contribution in [1.29, 1.82) is 0 Å². The van der Waals surface area contributed by atoms with Crippen LogP contribution in [0.3, 0.4) is 0 Å². The highest BCUT2D eigenvalue weighted by Gasteiger charge is 2.10. The van der Waals surface area contributed by atoms with Gasteiger partial charge in [-0.3, -0.25) is 0 Å². The first-order valence-electron chi connectivity index (χ1n) is 4.76. The van der Waals surface area contributed by atoms with Crippen molar-refractivity contribution in [1.82, 2.24) is 5.32 Å². The van der Waals surface area contributed by atoms with Gasteiger partial charge in [-0.2, -0.15) is 0 Å². The maximum atomic E-state index is 9.16. The topological polar surface area (TPSA) is 50.7 Å². The van der Waals surface area contributed by atoms with Gasteiger partial charge in [0.15, 0.2) is 0 Å². The quantitative estimate of drug-likeness (QED) is 0.761. The van der Waals surface area contributed by atoms with Crippen LogP contribution in [-0.4, -0.2) is 33.0 Å². The van der Waals surface area contributed by atoms with E-state index >= 15 is 0 Å². The van der Waals surface area contributed by atoms with Crippen LogP contribution >= 0.6 is 0 Å². The lowest BCUT2D eigenvalue weighted by Gasteiger charge is -2.15. The molecule has 0 aliphatic rings. The molecule has 0 aliphatic heterocycles. The average Bonchev–Trinajstić information content (AvgIpc) is 2.30. The minimum atomic E-state index is -0.103. The van der Waals surface area contributed by atoms with Gasteiger partial charge in [-0.15, -0.1) is 0 Å². The van der Waals surface area contributed by atoms with Gasteiger partial charge in [0.1, 0.15) is 11.5 Å². The molecule has 84 valence electrons. The van der Waals surface area contributed by atoms with Crippen molar-refractivity contribution < 1.29 is 14.6 Å². The Balaban J connectivity index is 3.05. The van der Waals surface area contributed by atoms with Gasteiger partial charge >= 0.3 is 0 Å². The molecule has 1 rings (SSSR count). The largest absolute Gasteiger partial charge is 0.497 e. The van der Waals surface area contributed by atoms with E-state index < -0.39 is 0 Å². The maximum absolute atomic E-state index is 9.16. The third kappa shape index (κ3) is 2.84. The number of hydrogen-bond acceptors (Lipinski definition) is 4. The number of likely N-dealkylation sites (N-methyl/N-ethyl adjacent to an activating group) is 1. The molecule has 0 heterocycles. The summed E-state index contributed by atoms with van der Waals surface area (Å²) in [4.78, 5) is 0. The summed E-state index contributed by atoms with van der Waals surface area (Å²) in [7, 11) is 5.00. The molecule has 1 atom stereocenters. The standard InChI is InChI=1S/C11H17NO3/c1-12-11(7-13)8-4-9(14-2)6-10(5-8)15-3/h4-6,11-13H,7H2,1-3H3.